The Hall–Kier alpha value is -1.08. The average Bonchev–Trinajstić information content (AvgIpc) is 2.05. The summed E-state index contributed by atoms with van der Waals surface area (Å²) in [6.45, 7) is 0.910. The summed E-state index contributed by atoms with van der Waals surface area (Å²) in [6.07, 6.45) is 0.859. The molecule has 0 aromatic rings. The lowest BCUT2D eigenvalue weighted by molar-refractivity contribution is -0.128. The Morgan fingerprint density at radius 2 is 2.09 bits per heavy atom. The Morgan fingerprint density at radius 3 is 2.36 bits per heavy atom. The van der Waals surface area contributed by atoms with E-state index in [1.54, 1.807) is 0 Å². The fraction of sp³-hybridized carbons (Fsp3) is 0.714. The molecule has 0 spiro atoms. The number of carbonyl (C=O) groups is 1. The van der Waals surface area contributed by atoms with Gasteiger partial charge in [0.25, 0.3) is 0 Å². The maximum atomic E-state index is 10.9. The molecule has 60 valence electrons. The fourth-order valence-electron chi connectivity index (χ4n) is 1.13. The lowest BCUT2D eigenvalue weighted by Crippen LogP contribution is -2.40. The van der Waals surface area contributed by atoms with Crippen molar-refractivity contribution in [2.45, 2.75) is 12.8 Å². The second-order valence-corrected chi connectivity index (χ2v) is 2.67. The summed E-state index contributed by atoms with van der Waals surface area (Å²) in [4.78, 5) is 10.9. The van der Waals surface area contributed by atoms with Crippen LogP contribution in [0.2, 0.25) is 0 Å². The molecule has 0 aromatic carbocycles. The van der Waals surface area contributed by atoms with Gasteiger partial charge >= 0.3 is 0 Å². The van der Waals surface area contributed by atoms with Crippen molar-refractivity contribution in [1.82, 2.24) is 0 Å². The van der Waals surface area contributed by atoms with E-state index in [-0.39, 0.29) is 0 Å². The number of rotatable bonds is 1. The quantitative estimate of drug-likeness (QED) is 0.567. The molecule has 0 aromatic heterocycles. The van der Waals surface area contributed by atoms with Crippen LogP contribution in [0.3, 0.4) is 0 Å². The standard InChI is InChI=1S/C7H10N2O2/c8-5-7(6(9)10)1-3-11-4-2-7/h1-4H2,(H2,9,10). The smallest absolute Gasteiger partial charge is 0.238 e. The van der Waals surface area contributed by atoms with Crippen LogP contribution in [0.4, 0.5) is 0 Å². The second kappa shape index (κ2) is 2.89. The molecular formula is C7H10N2O2. The number of carbonyl (C=O) groups excluding carboxylic acids is 1. The summed E-state index contributed by atoms with van der Waals surface area (Å²) in [7, 11) is 0. The van der Waals surface area contributed by atoms with Crippen molar-refractivity contribution in [2.24, 2.45) is 11.1 Å². The van der Waals surface area contributed by atoms with E-state index in [0.717, 1.165) is 0 Å². The molecule has 1 aliphatic rings. The molecule has 2 N–H and O–H groups in total. The molecule has 1 rings (SSSR count). The lowest BCUT2D eigenvalue weighted by atomic mass is 9.81. The van der Waals surface area contributed by atoms with E-state index in [1.165, 1.54) is 0 Å². The first-order valence-electron chi connectivity index (χ1n) is 3.50. The maximum absolute atomic E-state index is 10.9. The lowest BCUT2D eigenvalue weighted by Gasteiger charge is -2.26. The summed E-state index contributed by atoms with van der Waals surface area (Å²) >= 11 is 0. The van der Waals surface area contributed by atoms with Crippen LogP contribution >= 0.6 is 0 Å². The summed E-state index contributed by atoms with van der Waals surface area (Å²) in [6, 6.07) is 1.96. The number of nitrogens with two attached hydrogens (primary N) is 1. The molecule has 4 heteroatoms. The van der Waals surface area contributed by atoms with Crippen molar-refractivity contribution in [2.75, 3.05) is 13.2 Å². The van der Waals surface area contributed by atoms with Crippen LogP contribution in [0.1, 0.15) is 12.8 Å². The molecule has 0 aliphatic carbocycles. The molecule has 0 saturated carbocycles. The fourth-order valence-corrected chi connectivity index (χ4v) is 1.13. The van der Waals surface area contributed by atoms with E-state index in [2.05, 4.69) is 0 Å². The van der Waals surface area contributed by atoms with E-state index in [9.17, 15) is 4.79 Å². The minimum absolute atomic E-state index is 0.429. The zero-order valence-corrected chi connectivity index (χ0v) is 6.17. The molecule has 4 nitrogen and oxygen atoms in total. The van der Waals surface area contributed by atoms with Crippen molar-refractivity contribution >= 4 is 5.91 Å². The molecule has 11 heavy (non-hydrogen) atoms. The minimum Gasteiger partial charge on any atom is -0.381 e. The topological polar surface area (TPSA) is 76.1 Å². The SMILES string of the molecule is N#CC1(C(N)=O)CCOCC1. The van der Waals surface area contributed by atoms with Crippen molar-refractivity contribution in [3.63, 3.8) is 0 Å². The third kappa shape index (κ3) is 1.33. The number of hydrogen-bond donors (Lipinski definition) is 1. The molecule has 0 bridgehead atoms. The molecule has 0 atom stereocenters. The van der Waals surface area contributed by atoms with Gasteiger partial charge in [0.05, 0.1) is 6.07 Å². The van der Waals surface area contributed by atoms with Gasteiger partial charge in [-0.05, 0) is 12.8 Å². The highest BCUT2D eigenvalue weighted by molar-refractivity contribution is 5.83. The highest BCUT2D eigenvalue weighted by atomic mass is 16.5. The Kier molecular flexibility index (Phi) is 2.11. The Balaban J connectivity index is 2.75. The van der Waals surface area contributed by atoms with Crippen LogP contribution in [0.15, 0.2) is 0 Å². The minimum atomic E-state index is -0.960. The maximum Gasteiger partial charge on any atom is 0.238 e. The zero-order chi connectivity index (χ0) is 8.32. The van der Waals surface area contributed by atoms with Crippen molar-refractivity contribution < 1.29 is 9.53 Å². The van der Waals surface area contributed by atoms with Crippen LogP contribution in [0.5, 0.6) is 0 Å². The molecular weight excluding hydrogens is 144 g/mol. The van der Waals surface area contributed by atoms with Crippen molar-refractivity contribution in [1.29, 1.82) is 5.26 Å². The van der Waals surface area contributed by atoms with Gasteiger partial charge in [0.15, 0.2) is 0 Å². The van der Waals surface area contributed by atoms with Crippen LogP contribution in [0.25, 0.3) is 0 Å². The Labute approximate surface area is 64.9 Å². The first kappa shape index (κ1) is 8.02. The zero-order valence-electron chi connectivity index (χ0n) is 6.17. The molecule has 0 radical (unpaired) electrons. The van der Waals surface area contributed by atoms with Crippen LogP contribution in [-0.4, -0.2) is 19.1 Å². The molecule has 1 heterocycles. The number of amides is 1. The monoisotopic (exact) mass is 154 g/mol. The van der Waals surface area contributed by atoms with Crippen LogP contribution in [-0.2, 0) is 9.53 Å². The molecule has 1 amide bonds. The van der Waals surface area contributed by atoms with Gasteiger partial charge in [0, 0.05) is 13.2 Å². The summed E-state index contributed by atoms with van der Waals surface area (Å²) < 4.78 is 5.02. The van der Waals surface area contributed by atoms with Gasteiger partial charge in [0.2, 0.25) is 5.91 Å². The predicted molar refractivity (Wildman–Crippen MR) is 37.3 cm³/mol. The predicted octanol–water partition coefficient (Wildman–Crippen LogP) is -0.208. The van der Waals surface area contributed by atoms with E-state index < -0.39 is 11.3 Å². The Morgan fingerprint density at radius 1 is 1.55 bits per heavy atom. The molecule has 1 aliphatic heterocycles. The molecule has 1 fully saturated rings. The van der Waals surface area contributed by atoms with Gasteiger partial charge in [-0.3, -0.25) is 4.79 Å². The van der Waals surface area contributed by atoms with Gasteiger partial charge in [-0.15, -0.1) is 0 Å². The number of primary amides is 1. The number of hydrogen-bond acceptors (Lipinski definition) is 3. The number of nitriles is 1. The highest BCUT2D eigenvalue weighted by Crippen LogP contribution is 2.28. The summed E-state index contributed by atoms with van der Waals surface area (Å²) in [5.41, 5.74) is 4.14. The van der Waals surface area contributed by atoms with E-state index in [0.29, 0.717) is 26.1 Å². The third-order valence-corrected chi connectivity index (χ3v) is 2.03. The van der Waals surface area contributed by atoms with Crippen molar-refractivity contribution in [3.8, 4) is 6.07 Å². The number of nitrogens with zero attached hydrogens (tertiary/aromatic N) is 1. The first-order valence-corrected chi connectivity index (χ1v) is 3.50. The Bertz CT molecular complexity index is 201. The van der Waals surface area contributed by atoms with Gasteiger partial charge in [0.1, 0.15) is 5.41 Å². The van der Waals surface area contributed by atoms with E-state index in [1.807, 2.05) is 6.07 Å². The average molecular weight is 154 g/mol. The van der Waals surface area contributed by atoms with Gasteiger partial charge in [-0.2, -0.15) is 5.26 Å². The van der Waals surface area contributed by atoms with E-state index in [4.69, 9.17) is 15.7 Å². The molecule has 0 unspecified atom stereocenters. The highest BCUT2D eigenvalue weighted by Gasteiger charge is 2.38. The van der Waals surface area contributed by atoms with Crippen molar-refractivity contribution in [3.05, 3.63) is 0 Å². The summed E-state index contributed by atoms with van der Waals surface area (Å²) in [5.74, 6) is -0.525. The largest absolute Gasteiger partial charge is 0.381 e. The van der Waals surface area contributed by atoms with Gasteiger partial charge in [-0.25, -0.2) is 0 Å². The molecule has 1 saturated heterocycles. The number of ether oxygens (including phenoxy) is 1. The first-order chi connectivity index (χ1) is 5.21. The normalized spacial score (nSPS) is 22.1. The second-order valence-electron chi connectivity index (χ2n) is 2.67. The van der Waals surface area contributed by atoms with E-state index >= 15 is 0 Å². The summed E-state index contributed by atoms with van der Waals surface area (Å²) in [5, 5.41) is 8.71. The third-order valence-electron chi connectivity index (χ3n) is 2.03. The van der Waals surface area contributed by atoms with Gasteiger partial charge in [-0.1, -0.05) is 0 Å². The van der Waals surface area contributed by atoms with Crippen LogP contribution < -0.4 is 5.73 Å². The van der Waals surface area contributed by atoms with Crippen LogP contribution in [0, 0.1) is 16.7 Å². The van der Waals surface area contributed by atoms with Gasteiger partial charge < -0.3 is 10.5 Å².